The first kappa shape index (κ1) is 19.5. The molecule has 142 valence electrons. The van der Waals surface area contributed by atoms with Crippen molar-refractivity contribution in [1.82, 2.24) is 9.29 Å². The van der Waals surface area contributed by atoms with E-state index in [0.717, 1.165) is 42.9 Å². The number of para-hydroxylation sites is 1. The number of nitrogens with zero attached hydrogens (tertiary/aromatic N) is 2. The topological polar surface area (TPSA) is 54.3 Å². The summed E-state index contributed by atoms with van der Waals surface area (Å²) in [5.74, 6) is 0.727. The van der Waals surface area contributed by atoms with Crippen LogP contribution in [-0.2, 0) is 10.0 Å². The van der Waals surface area contributed by atoms with Gasteiger partial charge < -0.3 is 10.2 Å². The van der Waals surface area contributed by atoms with Crippen LogP contribution in [0, 0.1) is 0 Å². The average molecular weight is 404 g/mol. The molecule has 1 aliphatic heterocycles. The van der Waals surface area contributed by atoms with Crippen LogP contribution in [0.2, 0.25) is 0 Å². The molecule has 2 heterocycles. The van der Waals surface area contributed by atoms with E-state index in [1.54, 1.807) is 6.08 Å². The van der Waals surface area contributed by atoms with Crippen molar-refractivity contribution in [2.75, 3.05) is 31.1 Å². The molecule has 0 atom stereocenters. The summed E-state index contributed by atoms with van der Waals surface area (Å²) >= 11 is 0. The van der Waals surface area contributed by atoms with Gasteiger partial charge in [-0.1, -0.05) is 48.5 Å². The Hall–Kier alpha value is -2.28. The summed E-state index contributed by atoms with van der Waals surface area (Å²) in [7, 11) is -3.65. The SMILES string of the molecule is Cl.O=S(=O)(/C=C/c1ccccc1)n1c(N2CCNCC2)cc2ccccc21. The van der Waals surface area contributed by atoms with E-state index in [0.29, 0.717) is 5.52 Å². The fraction of sp³-hybridized carbons (Fsp3) is 0.200. The molecule has 4 rings (SSSR count). The van der Waals surface area contributed by atoms with E-state index in [-0.39, 0.29) is 12.4 Å². The summed E-state index contributed by atoms with van der Waals surface area (Å²) in [6.07, 6.45) is 1.64. The number of hydrogen-bond donors (Lipinski definition) is 1. The molecule has 7 heteroatoms. The van der Waals surface area contributed by atoms with E-state index in [2.05, 4.69) is 10.2 Å². The molecule has 2 aromatic carbocycles. The van der Waals surface area contributed by atoms with Crippen LogP contribution in [0.1, 0.15) is 5.56 Å². The van der Waals surface area contributed by atoms with Gasteiger partial charge in [0.25, 0.3) is 10.0 Å². The number of piperazine rings is 1. The van der Waals surface area contributed by atoms with E-state index in [9.17, 15) is 8.42 Å². The quantitative estimate of drug-likeness (QED) is 0.726. The molecule has 3 aromatic rings. The summed E-state index contributed by atoms with van der Waals surface area (Å²) < 4.78 is 27.8. The first-order chi connectivity index (χ1) is 12.6. The van der Waals surface area contributed by atoms with Gasteiger partial charge >= 0.3 is 0 Å². The van der Waals surface area contributed by atoms with Crippen molar-refractivity contribution >= 4 is 45.2 Å². The molecular weight excluding hydrogens is 382 g/mol. The Kier molecular flexibility index (Phi) is 5.89. The minimum atomic E-state index is -3.65. The molecule has 0 unspecified atom stereocenters. The highest BCUT2D eigenvalue weighted by Crippen LogP contribution is 2.29. The van der Waals surface area contributed by atoms with Crippen molar-refractivity contribution in [3.63, 3.8) is 0 Å². The van der Waals surface area contributed by atoms with Gasteiger partial charge in [-0.25, -0.2) is 12.4 Å². The first-order valence-corrected chi connectivity index (χ1v) is 10.2. The maximum Gasteiger partial charge on any atom is 0.262 e. The molecule has 1 aliphatic rings. The van der Waals surface area contributed by atoms with E-state index >= 15 is 0 Å². The fourth-order valence-corrected chi connectivity index (χ4v) is 4.61. The number of hydrogen-bond acceptors (Lipinski definition) is 4. The van der Waals surface area contributed by atoms with Crippen LogP contribution in [-0.4, -0.2) is 38.6 Å². The molecule has 0 radical (unpaired) electrons. The zero-order valence-electron chi connectivity index (χ0n) is 14.8. The van der Waals surface area contributed by atoms with Gasteiger partial charge in [-0.3, -0.25) is 0 Å². The highest BCUT2D eigenvalue weighted by atomic mass is 35.5. The molecule has 0 amide bonds. The van der Waals surface area contributed by atoms with Crippen LogP contribution in [0.3, 0.4) is 0 Å². The average Bonchev–Trinajstić information content (AvgIpc) is 3.09. The largest absolute Gasteiger partial charge is 0.355 e. The van der Waals surface area contributed by atoms with Crippen LogP contribution >= 0.6 is 12.4 Å². The second kappa shape index (κ2) is 8.17. The van der Waals surface area contributed by atoms with Crippen molar-refractivity contribution in [1.29, 1.82) is 0 Å². The van der Waals surface area contributed by atoms with Crippen LogP contribution in [0.15, 0.2) is 66.1 Å². The van der Waals surface area contributed by atoms with Gasteiger partial charge in [-0.15, -0.1) is 12.4 Å². The molecule has 27 heavy (non-hydrogen) atoms. The second-order valence-corrected chi connectivity index (χ2v) is 7.99. The Bertz CT molecular complexity index is 1040. The van der Waals surface area contributed by atoms with Gasteiger partial charge in [0.05, 0.1) is 10.9 Å². The van der Waals surface area contributed by atoms with Gasteiger partial charge in [0.1, 0.15) is 5.82 Å². The Morgan fingerprint density at radius 2 is 1.59 bits per heavy atom. The standard InChI is InChI=1S/C20H21N3O2S.ClH/c24-26(25,15-10-17-6-2-1-3-7-17)23-19-9-5-4-8-18(19)16-20(23)22-13-11-21-12-14-22;/h1-10,15-16,21H,11-14H2;1H/b15-10+;. The lowest BCUT2D eigenvalue weighted by Gasteiger charge is -2.29. The zero-order valence-corrected chi connectivity index (χ0v) is 16.4. The summed E-state index contributed by atoms with van der Waals surface area (Å²) in [6, 6.07) is 19.0. The van der Waals surface area contributed by atoms with Gasteiger partial charge in [0.2, 0.25) is 0 Å². The van der Waals surface area contributed by atoms with E-state index in [4.69, 9.17) is 0 Å². The molecule has 0 spiro atoms. The maximum absolute atomic E-state index is 13.2. The lowest BCUT2D eigenvalue weighted by atomic mass is 10.2. The Balaban J connectivity index is 0.00000210. The number of aromatic nitrogens is 1. The number of nitrogens with one attached hydrogen (secondary N) is 1. The van der Waals surface area contributed by atoms with E-state index < -0.39 is 10.0 Å². The molecule has 0 aliphatic carbocycles. The van der Waals surface area contributed by atoms with Gasteiger partial charge in [-0.05, 0) is 23.8 Å². The molecule has 1 saturated heterocycles. The Morgan fingerprint density at radius 3 is 2.33 bits per heavy atom. The van der Waals surface area contributed by atoms with Gasteiger partial charge in [-0.2, -0.15) is 0 Å². The van der Waals surface area contributed by atoms with E-state index in [1.807, 2.05) is 60.7 Å². The third-order valence-corrected chi connectivity index (χ3v) is 5.95. The number of benzene rings is 2. The van der Waals surface area contributed by atoms with Crippen molar-refractivity contribution in [3.8, 4) is 0 Å². The maximum atomic E-state index is 13.2. The highest BCUT2D eigenvalue weighted by Gasteiger charge is 2.23. The molecule has 5 nitrogen and oxygen atoms in total. The normalized spacial score (nSPS) is 15.2. The summed E-state index contributed by atoms with van der Waals surface area (Å²) in [5, 5.41) is 5.53. The Morgan fingerprint density at radius 1 is 0.926 bits per heavy atom. The highest BCUT2D eigenvalue weighted by molar-refractivity contribution is 7.93. The third kappa shape index (κ3) is 4.03. The number of anilines is 1. The number of rotatable bonds is 4. The van der Waals surface area contributed by atoms with Crippen molar-refractivity contribution in [2.24, 2.45) is 0 Å². The predicted molar refractivity (Wildman–Crippen MR) is 114 cm³/mol. The summed E-state index contributed by atoms with van der Waals surface area (Å²) in [6.45, 7) is 3.27. The van der Waals surface area contributed by atoms with Crippen LogP contribution in [0.4, 0.5) is 5.82 Å². The van der Waals surface area contributed by atoms with Crippen molar-refractivity contribution in [3.05, 3.63) is 71.6 Å². The number of halogens is 1. The predicted octanol–water partition coefficient (Wildman–Crippen LogP) is 3.32. The van der Waals surface area contributed by atoms with Crippen LogP contribution < -0.4 is 10.2 Å². The third-order valence-electron chi connectivity index (χ3n) is 4.58. The molecule has 1 N–H and O–H groups in total. The number of fused-ring (bicyclic) bond motifs is 1. The minimum Gasteiger partial charge on any atom is -0.355 e. The zero-order chi connectivity index (χ0) is 18.0. The molecule has 1 fully saturated rings. The monoisotopic (exact) mass is 403 g/mol. The van der Waals surface area contributed by atoms with Gasteiger partial charge in [0, 0.05) is 31.6 Å². The molecular formula is C20H22ClN3O2S. The molecule has 0 bridgehead atoms. The van der Waals surface area contributed by atoms with Crippen molar-refractivity contribution in [2.45, 2.75) is 0 Å². The smallest absolute Gasteiger partial charge is 0.262 e. The van der Waals surface area contributed by atoms with Crippen molar-refractivity contribution < 1.29 is 8.42 Å². The minimum absolute atomic E-state index is 0. The van der Waals surface area contributed by atoms with E-state index in [1.165, 1.54) is 9.38 Å². The molecule has 1 aromatic heterocycles. The lowest BCUT2D eigenvalue weighted by Crippen LogP contribution is -2.44. The summed E-state index contributed by atoms with van der Waals surface area (Å²) in [4.78, 5) is 2.13. The van der Waals surface area contributed by atoms with Crippen LogP contribution in [0.25, 0.3) is 17.0 Å². The van der Waals surface area contributed by atoms with Crippen LogP contribution in [0.5, 0.6) is 0 Å². The molecule has 0 saturated carbocycles. The Labute approximate surface area is 165 Å². The second-order valence-electron chi connectivity index (χ2n) is 6.32. The van der Waals surface area contributed by atoms with Gasteiger partial charge in [0.15, 0.2) is 0 Å². The lowest BCUT2D eigenvalue weighted by molar-refractivity contribution is 0.577. The fourth-order valence-electron chi connectivity index (χ4n) is 3.29. The first-order valence-electron chi connectivity index (χ1n) is 8.70. The summed E-state index contributed by atoms with van der Waals surface area (Å²) in [5.41, 5.74) is 1.56.